The fourth-order valence-corrected chi connectivity index (χ4v) is 2.45. The standard InChI is InChI=1S/C15H13Cl2N3O/c1-15(21,11-4-2-3-5-12(11)16)9-20-14-13(17)6-10(7-18)8-19-14/h2-6,8,21H,9H2,1H3,(H,19,20). The van der Waals surface area contributed by atoms with Crippen LogP contribution in [0.4, 0.5) is 5.82 Å². The average molecular weight is 322 g/mol. The number of rotatable bonds is 4. The molecular weight excluding hydrogens is 309 g/mol. The summed E-state index contributed by atoms with van der Waals surface area (Å²) in [7, 11) is 0. The number of aromatic nitrogens is 1. The first-order chi connectivity index (χ1) is 9.94. The monoisotopic (exact) mass is 321 g/mol. The summed E-state index contributed by atoms with van der Waals surface area (Å²) in [4.78, 5) is 4.06. The van der Waals surface area contributed by atoms with Crippen molar-refractivity contribution in [1.82, 2.24) is 4.98 Å². The third-order valence-corrected chi connectivity index (χ3v) is 3.64. The normalized spacial score (nSPS) is 13.3. The van der Waals surface area contributed by atoms with Crippen molar-refractivity contribution in [2.45, 2.75) is 12.5 Å². The van der Waals surface area contributed by atoms with Crippen molar-refractivity contribution in [2.24, 2.45) is 0 Å². The highest BCUT2D eigenvalue weighted by atomic mass is 35.5. The van der Waals surface area contributed by atoms with Crippen molar-refractivity contribution >= 4 is 29.0 Å². The van der Waals surface area contributed by atoms with Gasteiger partial charge in [0.25, 0.3) is 0 Å². The number of hydrogen-bond donors (Lipinski definition) is 2. The van der Waals surface area contributed by atoms with Crippen LogP contribution in [0.5, 0.6) is 0 Å². The highest BCUT2D eigenvalue weighted by Gasteiger charge is 2.25. The van der Waals surface area contributed by atoms with Crippen LogP contribution in [-0.2, 0) is 5.60 Å². The molecule has 2 aromatic rings. The van der Waals surface area contributed by atoms with Gasteiger partial charge in [-0.1, -0.05) is 41.4 Å². The molecule has 0 amide bonds. The van der Waals surface area contributed by atoms with Gasteiger partial charge in [-0.15, -0.1) is 0 Å². The Hall–Kier alpha value is -1.80. The molecule has 21 heavy (non-hydrogen) atoms. The molecule has 2 N–H and O–H groups in total. The number of pyridine rings is 1. The molecule has 0 aliphatic rings. The van der Waals surface area contributed by atoms with E-state index in [4.69, 9.17) is 28.5 Å². The second-order valence-corrected chi connectivity index (χ2v) is 5.59. The maximum absolute atomic E-state index is 10.5. The number of nitrogens with one attached hydrogen (secondary N) is 1. The summed E-state index contributed by atoms with van der Waals surface area (Å²) in [6.07, 6.45) is 1.42. The molecule has 0 aliphatic carbocycles. The van der Waals surface area contributed by atoms with Crippen molar-refractivity contribution in [3.05, 3.63) is 57.7 Å². The van der Waals surface area contributed by atoms with E-state index in [-0.39, 0.29) is 6.54 Å². The molecule has 0 saturated heterocycles. The summed E-state index contributed by atoms with van der Waals surface area (Å²) in [5.74, 6) is 0.406. The van der Waals surface area contributed by atoms with Crippen LogP contribution in [0, 0.1) is 11.3 Å². The molecule has 1 unspecified atom stereocenters. The smallest absolute Gasteiger partial charge is 0.144 e. The molecule has 0 bridgehead atoms. The second kappa shape index (κ2) is 6.31. The highest BCUT2D eigenvalue weighted by molar-refractivity contribution is 6.33. The Balaban J connectivity index is 2.16. The van der Waals surface area contributed by atoms with Crippen molar-refractivity contribution in [1.29, 1.82) is 5.26 Å². The zero-order chi connectivity index (χ0) is 15.5. The number of nitrogens with zero attached hydrogens (tertiary/aromatic N) is 2. The van der Waals surface area contributed by atoms with Crippen molar-refractivity contribution < 1.29 is 5.11 Å². The molecule has 108 valence electrons. The number of aliphatic hydroxyl groups is 1. The van der Waals surface area contributed by atoms with E-state index in [1.807, 2.05) is 12.1 Å². The summed E-state index contributed by atoms with van der Waals surface area (Å²) in [6.45, 7) is 1.83. The van der Waals surface area contributed by atoms with Gasteiger partial charge in [0, 0.05) is 23.3 Å². The van der Waals surface area contributed by atoms with Gasteiger partial charge in [0.05, 0.1) is 10.6 Å². The van der Waals surface area contributed by atoms with Crippen LogP contribution in [0.3, 0.4) is 0 Å². The van der Waals surface area contributed by atoms with Crippen molar-refractivity contribution in [2.75, 3.05) is 11.9 Å². The van der Waals surface area contributed by atoms with Gasteiger partial charge in [-0.25, -0.2) is 4.98 Å². The van der Waals surface area contributed by atoms with Crippen LogP contribution < -0.4 is 5.32 Å². The van der Waals surface area contributed by atoms with Crippen molar-refractivity contribution in [3.8, 4) is 6.07 Å². The lowest BCUT2D eigenvalue weighted by atomic mass is 9.96. The predicted octanol–water partition coefficient (Wildman–Crippen LogP) is 3.58. The molecule has 1 aromatic heterocycles. The van der Waals surface area contributed by atoms with Gasteiger partial charge in [-0.2, -0.15) is 5.26 Å². The van der Waals surface area contributed by atoms with Gasteiger partial charge in [-0.3, -0.25) is 0 Å². The summed E-state index contributed by atoms with van der Waals surface area (Å²) >= 11 is 12.1. The summed E-state index contributed by atoms with van der Waals surface area (Å²) in [6, 6.07) is 10.6. The third kappa shape index (κ3) is 3.64. The Morgan fingerprint density at radius 1 is 1.33 bits per heavy atom. The number of halogens is 2. The molecule has 1 heterocycles. The summed E-state index contributed by atoms with van der Waals surface area (Å²) in [5.41, 5.74) is -0.190. The summed E-state index contributed by atoms with van der Waals surface area (Å²) in [5, 5.41) is 23.1. The topological polar surface area (TPSA) is 68.9 Å². The van der Waals surface area contributed by atoms with Gasteiger partial charge < -0.3 is 10.4 Å². The lowest BCUT2D eigenvalue weighted by Crippen LogP contribution is -2.31. The molecule has 0 saturated carbocycles. The molecule has 0 radical (unpaired) electrons. The minimum absolute atomic E-state index is 0.176. The highest BCUT2D eigenvalue weighted by Crippen LogP contribution is 2.29. The van der Waals surface area contributed by atoms with E-state index in [2.05, 4.69) is 10.3 Å². The van der Waals surface area contributed by atoms with Crippen LogP contribution in [0.15, 0.2) is 36.5 Å². The van der Waals surface area contributed by atoms with Gasteiger partial charge in [0.1, 0.15) is 17.5 Å². The average Bonchev–Trinajstić information content (AvgIpc) is 2.46. The van der Waals surface area contributed by atoms with E-state index >= 15 is 0 Å². The first-order valence-electron chi connectivity index (χ1n) is 6.21. The Morgan fingerprint density at radius 3 is 2.67 bits per heavy atom. The van der Waals surface area contributed by atoms with E-state index in [9.17, 15) is 5.11 Å². The Morgan fingerprint density at radius 2 is 2.05 bits per heavy atom. The minimum atomic E-state index is -1.18. The second-order valence-electron chi connectivity index (χ2n) is 4.77. The lowest BCUT2D eigenvalue weighted by molar-refractivity contribution is 0.0715. The zero-order valence-electron chi connectivity index (χ0n) is 11.3. The van der Waals surface area contributed by atoms with Gasteiger partial charge >= 0.3 is 0 Å². The lowest BCUT2D eigenvalue weighted by Gasteiger charge is -2.25. The maximum Gasteiger partial charge on any atom is 0.144 e. The number of anilines is 1. The van der Waals surface area contributed by atoms with Crippen LogP contribution in [0.2, 0.25) is 10.0 Å². The molecule has 6 heteroatoms. The van der Waals surface area contributed by atoms with Crippen LogP contribution in [0.1, 0.15) is 18.1 Å². The molecule has 0 aliphatic heterocycles. The molecule has 0 fully saturated rings. The first kappa shape index (κ1) is 15.6. The summed E-state index contributed by atoms with van der Waals surface area (Å²) < 4.78 is 0. The number of benzene rings is 1. The minimum Gasteiger partial charge on any atom is -0.384 e. The van der Waals surface area contributed by atoms with Gasteiger partial charge in [-0.05, 0) is 19.1 Å². The molecule has 1 atom stereocenters. The Labute approximate surface area is 133 Å². The van der Waals surface area contributed by atoms with Crippen LogP contribution in [-0.4, -0.2) is 16.6 Å². The molecule has 0 spiro atoms. The maximum atomic E-state index is 10.5. The molecule has 1 aromatic carbocycles. The Kier molecular flexibility index (Phi) is 4.69. The predicted molar refractivity (Wildman–Crippen MR) is 83.5 cm³/mol. The SMILES string of the molecule is CC(O)(CNc1ncc(C#N)cc1Cl)c1ccccc1Cl. The fourth-order valence-electron chi connectivity index (χ4n) is 1.88. The fraction of sp³-hybridized carbons (Fsp3) is 0.200. The molecular formula is C15H13Cl2N3O. The molecule has 2 rings (SSSR count). The molecule has 4 nitrogen and oxygen atoms in total. The van der Waals surface area contributed by atoms with E-state index in [1.165, 1.54) is 12.3 Å². The number of nitriles is 1. The van der Waals surface area contributed by atoms with E-state index < -0.39 is 5.60 Å². The van der Waals surface area contributed by atoms with Crippen LogP contribution in [0.25, 0.3) is 0 Å². The zero-order valence-corrected chi connectivity index (χ0v) is 12.8. The quantitative estimate of drug-likeness (QED) is 0.903. The number of hydrogen-bond acceptors (Lipinski definition) is 4. The third-order valence-electron chi connectivity index (χ3n) is 3.02. The van der Waals surface area contributed by atoms with E-state index in [0.717, 1.165) is 0 Å². The largest absolute Gasteiger partial charge is 0.384 e. The Bertz CT molecular complexity index is 696. The van der Waals surface area contributed by atoms with E-state index in [1.54, 1.807) is 25.1 Å². The van der Waals surface area contributed by atoms with Gasteiger partial charge in [0.15, 0.2) is 0 Å². The van der Waals surface area contributed by atoms with Crippen LogP contribution >= 0.6 is 23.2 Å². The first-order valence-corrected chi connectivity index (χ1v) is 6.96. The van der Waals surface area contributed by atoms with Gasteiger partial charge in [0.2, 0.25) is 0 Å². The van der Waals surface area contributed by atoms with Crippen molar-refractivity contribution in [3.63, 3.8) is 0 Å². The van der Waals surface area contributed by atoms with E-state index in [0.29, 0.717) is 27.0 Å².